The average Bonchev–Trinajstić information content (AvgIpc) is 2.47. The van der Waals surface area contributed by atoms with Crippen LogP contribution in [0.25, 0.3) is 11.3 Å². The molecule has 0 saturated heterocycles. The molecule has 0 fully saturated rings. The molecule has 20 heavy (non-hydrogen) atoms. The molecule has 102 valence electrons. The Bertz CT molecular complexity index is 622. The summed E-state index contributed by atoms with van der Waals surface area (Å²) in [6, 6.07) is 14.2. The molecule has 1 aliphatic carbocycles. The quantitative estimate of drug-likeness (QED) is 0.779. The van der Waals surface area contributed by atoms with Crippen molar-refractivity contribution in [2.45, 2.75) is 32.3 Å². The van der Waals surface area contributed by atoms with Crippen LogP contribution in [0, 0.1) is 0 Å². The van der Waals surface area contributed by atoms with Gasteiger partial charge >= 0.3 is 5.97 Å². The topological polar surface area (TPSA) is 39.2 Å². The van der Waals surface area contributed by atoms with Crippen LogP contribution >= 0.6 is 0 Å². The maximum Gasteiger partial charge on any atom is 0.303 e. The van der Waals surface area contributed by atoms with E-state index in [0.717, 1.165) is 36.2 Å². The normalized spacial score (nSPS) is 17.4. The number of rotatable bonds is 2. The minimum Gasteiger partial charge on any atom is -0.456 e. The zero-order chi connectivity index (χ0) is 13.9. The SMILES string of the molecule is CC(=O)OC1CCCc2ccc(-c3ccccc3)nc21. The summed E-state index contributed by atoms with van der Waals surface area (Å²) in [7, 11) is 0. The Kier molecular flexibility index (Phi) is 3.50. The van der Waals surface area contributed by atoms with E-state index in [1.54, 1.807) is 0 Å². The van der Waals surface area contributed by atoms with Crippen LogP contribution in [0.3, 0.4) is 0 Å². The summed E-state index contributed by atoms with van der Waals surface area (Å²) in [6.07, 6.45) is 2.71. The molecular formula is C17H17NO2. The number of pyridine rings is 1. The van der Waals surface area contributed by atoms with Crippen molar-refractivity contribution in [1.82, 2.24) is 4.98 Å². The largest absolute Gasteiger partial charge is 0.456 e. The molecule has 1 aromatic heterocycles. The highest BCUT2D eigenvalue weighted by atomic mass is 16.5. The van der Waals surface area contributed by atoms with Crippen LogP contribution in [0.15, 0.2) is 42.5 Å². The fourth-order valence-corrected chi connectivity index (χ4v) is 2.69. The Morgan fingerprint density at radius 2 is 2.00 bits per heavy atom. The molecule has 0 radical (unpaired) electrons. The monoisotopic (exact) mass is 267 g/mol. The second kappa shape index (κ2) is 5.45. The molecule has 1 unspecified atom stereocenters. The maximum absolute atomic E-state index is 11.2. The lowest BCUT2D eigenvalue weighted by atomic mass is 9.93. The fourth-order valence-electron chi connectivity index (χ4n) is 2.69. The van der Waals surface area contributed by atoms with Crippen molar-refractivity contribution < 1.29 is 9.53 Å². The number of carbonyl (C=O) groups excluding carboxylic acids is 1. The van der Waals surface area contributed by atoms with Gasteiger partial charge in [-0.1, -0.05) is 36.4 Å². The van der Waals surface area contributed by atoms with Crippen molar-refractivity contribution in [3.05, 3.63) is 53.7 Å². The van der Waals surface area contributed by atoms with Crippen LogP contribution in [0.2, 0.25) is 0 Å². The lowest BCUT2D eigenvalue weighted by Crippen LogP contribution is -2.17. The average molecular weight is 267 g/mol. The van der Waals surface area contributed by atoms with E-state index >= 15 is 0 Å². The van der Waals surface area contributed by atoms with E-state index in [1.807, 2.05) is 36.4 Å². The van der Waals surface area contributed by atoms with Crippen LogP contribution in [-0.4, -0.2) is 11.0 Å². The number of benzene rings is 1. The van der Waals surface area contributed by atoms with E-state index in [9.17, 15) is 4.79 Å². The van der Waals surface area contributed by atoms with Gasteiger partial charge in [0.25, 0.3) is 0 Å². The first-order chi connectivity index (χ1) is 9.74. The first-order valence-corrected chi connectivity index (χ1v) is 6.96. The summed E-state index contributed by atoms with van der Waals surface area (Å²) in [5, 5.41) is 0. The van der Waals surface area contributed by atoms with E-state index in [2.05, 4.69) is 6.07 Å². The molecule has 0 spiro atoms. The number of carbonyl (C=O) groups is 1. The van der Waals surface area contributed by atoms with Gasteiger partial charge in [-0.15, -0.1) is 0 Å². The van der Waals surface area contributed by atoms with E-state index < -0.39 is 0 Å². The van der Waals surface area contributed by atoms with E-state index in [-0.39, 0.29) is 12.1 Å². The Hall–Kier alpha value is -2.16. The highest BCUT2D eigenvalue weighted by Crippen LogP contribution is 2.33. The Balaban J connectivity index is 1.99. The van der Waals surface area contributed by atoms with Crippen LogP contribution in [0.4, 0.5) is 0 Å². The lowest BCUT2D eigenvalue weighted by Gasteiger charge is -2.24. The molecule has 0 N–H and O–H groups in total. The van der Waals surface area contributed by atoms with Gasteiger partial charge in [0.2, 0.25) is 0 Å². The maximum atomic E-state index is 11.2. The van der Waals surface area contributed by atoms with Crippen molar-refractivity contribution in [3.8, 4) is 11.3 Å². The minimum atomic E-state index is -0.241. The molecule has 1 heterocycles. The molecule has 0 aliphatic heterocycles. The molecule has 3 rings (SSSR count). The summed E-state index contributed by atoms with van der Waals surface area (Å²) in [6.45, 7) is 1.45. The van der Waals surface area contributed by atoms with Crippen molar-refractivity contribution in [3.63, 3.8) is 0 Å². The smallest absolute Gasteiger partial charge is 0.303 e. The van der Waals surface area contributed by atoms with Gasteiger partial charge in [-0.05, 0) is 30.9 Å². The van der Waals surface area contributed by atoms with E-state index in [4.69, 9.17) is 9.72 Å². The number of aryl methyl sites for hydroxylation is 1. The molecule has 3 nitrogen and oxygen atoms in total. The van der Waals surface area contributed by atoms with Gasteiger partial charge in [-0.3, -0.25) is 4.79 Å². The van der Waals surface area contributed by atoms with E-state index in [1.165, 1.54) is 12.5 Å². The standard InChI is InChI=1S/C17H17NO2/c1-12(19)20-16-9-5-8-14-10-11-15(18-17(14)16)13-6-3-2-4-7-13/h2-4,6-7,10-11,16H,5,8-9H2,1H3. The molecule has 1 aliphatic rings. The third kappa shape index (κ3) is 2.57. The van der Waals surface area contributed by atoms with Crippen LogP contribution in [0.1, 0.15) is 37.1 Å². The fraction of sp³-hybridized carbons (Fsp3) is 0.294. The number of nitrogens with zero attached hydrogens (tertiary/aromatic N) is 1. The van der Waals surface area contributed by atoms with Gasteiger partial charge in [0.1, 0.15) is 6.10 Å². The third-order valence-corrected chi connectivity index (χ3v) is 3.61. The van der Waals surface area contributed by atoms with Gasteiger partial charge in [0.05, 0.1) is 11.4 Å². The van der Waals surface area contributed by atoms with Crippen LogP contribution in [-0.2, 0) is 16.0 Å². The molecule has 0 saturated carbocycles. The number of fused-ring (bicyclic) bond motifs is 1. The number of aromatic nitrogens is 1. The zero-order valence-electron chi connectivity index (χ0n) is 11.5. The molecule has 2 aromatic rings. The van der Waals surface area contributed by atoms with E-state index in [0.29, 0.717) is 0 Å². The first kappa shape index (κ1) is 12.9. The third-order valence-electron chi connectivity index (χ3n) is 3.61. The van der Waals surface area contributed by atoms with Crippen molar-refractivity contribution in [1.29, 1.82) is 0 Å². The molecule has 3 heteroatoms. The molecule has 0 amide bonds. The number of esters is 1. The van der Waals surface area contributed by atoms with Gasteiger partial charge in [-0.2, -0.15) is 0 Å². The summed E-state index contributed by atoms with van der Waals surface area (Å²) in [4.78, 5) is 16.0. The van der Waals surface area contributed by atoms with Gasteiger partial charge < -0.3 is 4.74 Å². The summed E-state index contributed by atoms with van der Waals surface area (Å²) >= 11 is 0. The summed E-state index contributed by atoms with van der Waals surface area (Å²) in [5.41, 5.74) is 4.14. The number of ether oxygens (including phenoxy) is 1. The number of hydrogen-bond donors (Lipinski definition) is 0. The summed E-state index contributed by atoms with van der Waals surface area (Å²) in [5.74, 6) is -0.241. The molecular weight excluding hydrogens is 250 g/mol. The second-order valence-corrected chi connectivity index (χ2v) is 5.10. The zero-order valence-corrected chi connectivity index (χ0v) is 11.5. The second-order valence-electron chi connectivity index (χ2n) is 5.10. The lowest BCUT2D eigenvalue weighted by molar-refractivity contribution is -0.147. The Morgan fingerprint density at radius 3 is 2.75 bits per heavy atom. The van der Waals surface area contributed by atoms with Crippen molar-refractivity contribution in [2.24, 2.45) is 0 Å². The molecule has 0 bridgehead atoms. The Morgan fingerprint density at radius 1 is 1.20 bits per heavy atom. The summed E-state index contributed by atoms with van der Waals surface area (Å²) < 4.78 is 5.41. The highest BCUT2D eigenvalue weighted by Gasteiger charge is 2.24. The highest BCUT2D eigenvalue weighted by molar-refractivity contribution is 5.66. The van der Waals surface area contributed by atoms with Gasteiger partial charge in [0.15, 0.2) is 0 Å². The van der Waals surface area contributed by atoms with Gasteiger partial charge in [-0.25, -0.2) is 4.98 Å². The van der Waals surface area contributed by atoms with Crippen molar-refractivity contribution in [2.75, 3.05) is 0 Å². The number of hydrogen-bond acceptors (Lipinski definition) is 3. The minimum absolute atomic E-state index is 0.195. The molecule has 1 atom stereocenters. The first-order valence-electron chi connectivity index (χ1n) is 6.96. The van der Waals surface area contributed by atoms with Crippen LogP contribution < -0.4 is 0 Å². The van der Waals surface area contributed by atoms with Crippen molar-refractivity contribution >= 4 is 5.97 Å². The predicted molar refractivity (Wildman–Crippen MR) is 77.1 cm³/mol. The molecule has 1 aromatic carbocycles. The van der Waals surface area contributed by atoms with Crippen LogP contribution in [0.5, 0.6) is 0 Å². The Labute approximate surface area is 118 Å². The predicted octanol–water partition coefficient (Wildman–Crippen LogP) is 3.69. The van der Waals surface area contributed by atoms with Gasteiger partial charge in [0, 0.05) is 12.5 Å².